The molecule has 0 saturated heterocycles. The highest BCUT2D eigenvalue weighted by molar-refractivity contribution is 6.13. The Labute approximate surface area is 662 Å². The molecule has 0 saturated carbocycles. The first-order valence-corrected chi connectivity index (χ1v) is 36.2. The van der Waals surface area contributed by atoms with E-state index >= 15 is 0 Å². The molecule has 0 N–H and O–H groups in total. The Morgan fingerprint density at radius 2 is 0.645 bits per heavy atom. The van der Waals surface area contributed by atoms with E-state index in [0.717, 1.165) is 138 Å². The number of nitrogens with zero attached hydrogens (tertiary/aromatic N) is 5. The summed E-state index contributed by atoms with van der Waals surface area (Å²) >= 11 is 0. The molecule has 20 rings (SSSR count). The number of benzene rings is 10. The molecule has 10 nitrogen and oxygen atoms in total. The van der Waals surface area contributed by atoms with Gasteiger partial charge in [-0.3, -0.25) is 19.9 Å². The fourth-order valence-corrected chi connectivity index (χ4v) is 14.0. The van der Waals surface area contributed by atoms with E-state index in [0.29, 0.717) is 56.2 Å². The summed E-state index contributed by atoms with van der Waals surface area (Å²) in [5, 5.41) is 8.86. The van der Waals surface area contributed by atoms with E-state index in [1.165, 1.54) is 33.3 Å². The zero-order chi connectivity index (χ0) is 89.2. The molecule has 0 radical (unpaired) electrons. The SMILES string of the molecule is CC(C)c1cccc(-c2cncc3c2oc2ccccc23)c1.[2H]C([2H])([2H])C([2H])(C)c1cccc(-c2cccc3c2oc2cccnc23)c1.[2H]C([2H])([2H])C([2H])(C)c1cccc(-c2cccc3c2oc2ccncc23)c1.[2H]C([2H])([2H])C([2H])(C)c1cccc(-c2cccc3c2oc2cnccc23)c1.[2H]C([2H])([2H])C([2H])(C)c1cccc(-c2cccc3c2oc2ncccc23)c1. The zero-order valence-electron chi connectivity index (χ0n) is 77.2. The highest BCUT2D eigenvalue weighted by atomic mass is 16.3. The van der Waals surface area contributed by atoms with E-state index in [1.54, 1.807) is 110 Å². The molecule has 10 heterocycles. The topological polar surface area (TPSA) is 130 Å². The van der Waals surface area contributed by atoms with Crippen LogP contribution in [0.2, 0.25) is 0 Å². The van der Waals surface area contributed by atoms with Crippen LogP contribution in [0.25, 0.3) is 166 Å². The van der Waals surface area contributed by atoms with E-state index < -0.39 is 51.0 Å². The summed E-state index contributed by atoms with van der Waals surface area (Å²) in [4.78, 5) is 21.4. The molecule has 0 fully saturated rings. The number of para-hydroxylation sites is 5. The van der Waals surface area contributed by atoms with Gasteiger partial charge in [-0.15, -0.1) is 0 Å². The quantitative estimate of drug-likeness (QED) is 0.130. The second-order valence-electron chi connectivity index (χ2n) is 27.4. The van der Waals surface area contributed by atoms with Crippen LogP contribution in [-0.2, 0) is 0 Å². The van der Waals surface area contributed by atoms with Crippen molar-refractivity contribution in [2.24, 2.45) is 0 Å². The van der Waals surface area contributed by atoms with Crippen molar-refractivity contribution in [3.05, 3.63) is 332 Å². The highest BCUT2D eigenvalue weighted by Crippen LogP contribution is 2.42. The minimum Gasteiger partial charge on any atom is -0.455 e. The molecule has 4 unspecified atom stereocenters. The van der Waals surface area contributed by atoms with Gasteiger partial charge in [0.15, 0.2) is 11.2 Å². The van der Waals surface area contributed by atoms with E-state index in [1.807, 2.05) is 164 Å². The van der Waals surface area contributed by atoms with Crippen molar-refractivity contribution in [1.82, 2.24) is 24.9 Å². The van der Waals surface area contributed by atoms with Crippen molar-refractivity contribution in [2.75, 3.05) is 0 Å². The van der Waals surface area contributed by atoms with Gasteiger partial charge in [-0.1, -0.05) is 275 Å². The van der Waals surface area contributed by atoms with Gasteiger partial charge < -0.3 is 22.1 Å². The Kier molecular flexibility index (Phi) is 15.4. The fraction of sp³-hybridized carbons (Fsp3) is 0.150. The van der Waals surface area contributed by atoms with Gasteiger partial charge in [0, 0.05) is 142 Å². The molecular formula is C100H85N5O5. The Balaban J connectivity index is 0.000000116. The lowest BCUT2D eigenvalue weighted by molar-refractivity contribution is 0.655. The normalized spacial score (nSPS) is 16.3. The van der Waals surface area contributed by atoms with E-state index in [-0.39, 0.29) is 0 Å². The predicted molar refractivity (Wildman–Crippen MR) is 455 cm³/mol. The standard InChI is InChI=1S/5C20H17NO/c1-13(2)14-6-3-7-15(12-14)16-8-4-9-17-19-18(22-20(16)17)10-5-11-21-19;1-13(2)14-6-3-7-15(12-14)16-8-4-9-17-18-10-5-11-21-20(18)22-19(16)17;1-13(2)14-5-3-6-15(11-14)16-7-4-8-18-17-9-10-21-12-19(17)22-20(16)18;1-13(2)14-5-3-6-15(11-14)16-7-4-8-17-18-12-21-10-9-19(18)22-20(16)17;1-13(2)14-6-5-7-15(10-14)17-11-21-12-18-16-8-3-4-9-19(16)22-20(17)18/h5*3-13H,1-2H3/i4*1D3,13D;. The number of hydrogen-bond acceptors (Lipinski definition) is 10. The van der Waals surface area contributed by atoms with Gasteiger partial charge >= 0.3 is 0 Å². The third kappa shape index (κ3) is 14.3. The van der Waals surface area contributed by atoms with E-state index in [9.17, 15) is 0 Å². The monoisotopic (exact) mass is 1450 g/mol. The minimum absolute atomic E-state index is 0.446. The molecular weight excluding hydrogens is 1350 g/mol. The summed E-state index contributed by atoms with van der Waals surface area (Å²) in [6.07, 6.45) is 14.1. The molecule has 10 heteroatoms. The van der Waals surface area contributed by atoms with Crippen molar-refractivity contribution in [1.29, 1.82) is 0 Å². The van der Waals surface area contributed by atoms with Crippen LogP contribution >= 0.6 is 0 Å². The summed E-state index contributed by atoms with van der Waals surface area (Å²) in [7, 11) is 0. The first-order valence-electron chi connectivity index (χ1n) is 44.2. The van der Waals surface area contributed by atoms with Gasteiger partial charge in [0.2, 0.25) is 5.71 Å². The average Bonchev–Trinajstić information content (AvgIpc) is 1.55. The van der Waals surface area contributed by atoms with Crippen LogP contribution in [0.4, 0.5) is 0 Å². The molecule has 0 spiro atoms. The summed E-state index contributed by atoms with van der Waals surface area (Å²) < 4.78 is 156. The summed E-state index contributed by atoms with van der Waals surface area (Å²) in [6, 6.07) is 79.9. The molecule has 0 bridgehead atoms. The summed E-state index contributed by atoms with van der Waals surface area (Å²) in [5.74, 6) is -6.25. The third-order valence-electron chi connectivity index (χ3n) is 19.7. The maximum absolute atomic E-state index is 8.33. The van der Waals surface area contributed by atoms with Crippen molar-refractivity contribution in [2.45, 2.75) is 98.4 Å². The number of furan rings is 5. The molecule has 10 aromatic carbocycles. The molecule has 0 aliphatic rings. The number of rotatable bonds is 10. The average molecular weight is 1450 g/mol. The second-order valence-corrected chi connectivity index (χ2v) is 27.4. The van der Waals surface area contributed by atoms with E-state index in [4.69, 9.17) is 44.0 Å². The zero-order valence-corrected chi connectivity index (χ0v) is 61.2. The first kappa shape index (κ1) is 54.5. The highest BCUT2D eigenvalue weighted by Gasteiger charge is 2.20. The fourth-order valence-electron chi connectivity index (χ4n) is 14.0. The van der Waals surface area contributed by atoms with Crippen LogP contribution in [-0.4, -0.2) is 24.9 Å². The lowest BCUT2D eigenvalue weighted by Gasteiger charge is -2.08. The first-order chi connectivity index (χ1) is 59.9. The van der Waals surface area contributed by atoms with Gasteiger partial charge in [-0.2, -0.15) is 0 Å². The Hall–Kier alpha value is -13.1. The van der Waals surface area contributed by atoms with Crippen molar-refractivity contribution in [3.63, 3.8) is 0 Å². The summed E-state index contributed by atoms with van der Waals surface area (Å²) in [6.45, 7) is 0.445. The predicted octanol–water partition coefficient (Wildman–Crippen LogP) is 28.9. The molecule has 10 aromatic heterocycles. The van der Waals surface area contributed by atoms with Gasteiger partial charge in [-0.25, -0.2) is 4.98 Å². The number of hydrogen-bond donors (Lipinski definition) is 0. The molecule has 20 aromatic rings. The minimum atomic E-state index is -2.42. The second kappa shape index (κ2) is 31.0. The van der Waals surface area contributed by atoms with Gasteiger partial charge in [0.25, 0.3) is 0 Å². The smallest absolute Gasteiger partial charge is 0.227 e. The van der Waals surface area contributed by atoms with E-state index in [2.05, 4.69) is 69.1 Å². The van der Waals surface area contributed by atoms with Crippen molar-refractivity contribution in [3.8, 4) is 55.6 Å². The molecule has 0 aliphatic carbocycles. The summed E-state index contributed by atoms with van der Waals surface area (Å²) in [5.41, 5.74) is 20.3. The van der Waals surface area contributed by atoms with Crippen molar-refractivity contribution < 1.29 is 44.0 Å². The third-order valence-corrected chi connectivity index (χ3v) is 19.7. The lowest BCUT2D eigenvalue weighted by Crippen LogP contribution is -1.88. The van der Waals surface area contributed by atoms with Gasteiger partial charge in [0.05, 0.1) is 6.20 Å². The Morgan fingerprint density at radius 1 is 0.264 bits per heavy atom. The van der Waals surface area contributed by atoms with Crippen LogP contribution in [0.5, 0.6) is 0 Å². The Bertz CT molecular complexity index is 6740. The van der Waals surface area contributed by atoms with Crippen molar-refractivity contribution >= 4 is 110 Å². The number of pyridine rings is 5. The molecule has 540 valence electrons. The van der Waals surface area contributed by atoms with Crippen LogP contribution in [0.3, 0.4) is 0 Å². The van der Waals surface area contributed by atoms with Crippen LogP contribution in [0.15, 0.2) is 326 Å². The Morgan fingerprint density at radius 3 is 1.22 bits per heavy atom. The molecule has 4 atom stereocenters. The molecule has 0 amide bonds. The van der Waals surface area contributed by atoms with Crippen LogP contribution < -0.4 is 0 Å². The number of aromatic nitrogens is 5. The van der Waals surface area contributed by atoms with Crippen LogP contribution in [0.1, 0.15) is 148 Å². The maximum Gasteiger partial charge on any atom is 0.227 e. The molecule has 0 aliphatic heterocycles. The maximum atomic E-state index is 8.33. The lowest BCUT2D eigenvalue weighted by atomic mass is 9.96. The molecule has 110 heavy (non-hydrogen) atoms. The van der Waals surface area contributed by atoms with Gasteiger partial charge in [-0.05, 0) is 134 Å². The number of fused-ring (bicyclic) bond motifs is 15. The van der Waals surface area contributed by atoms with Gasteiger partial charge in [0.1, 0.15) is 44.6 Å². The largest absolute Gasteiger partial charge is 0.455 e. The van der Waals surface area contributed by atoms with Crippen LogP contribution in [0, 0.1) is 0 Å².